The van der Waals surface area contributed by atoms with Crippen molar-refractivity contribution in [3.8, 4) is 5.75 Å². The summed E-state index contributed by atoms with van der Waals surface area (Å²) in [6, 6.07) is 6.68. The number of Topliss-reactive ketones (excluding diaryl/α,β-unsaturated/α-hetero) is 1. The summed E-state index contributed by atoms with van der Waals surface area (Å²) in [5.41, 5.74) is 1.06. The molecule has 1 amide bonds. The molecule has 0 saturated carbocycles. The van der Waals surface area contributed by atoms with Crippen molar-refractivity contribution in [2.45, 2.75) is 39.2 Å². The number of ketones is 1. The van der Waals surface area contributed by atoms with Crippen LogP contribution >= 0.6 is 11.6 Å². The van der Waals surface area contributed by atoms with Crippen LogP contribution < -0.4 is 10.1 Å². The van der Waals surface area contributed by atoms with E-state index >= 15 is 0 Å². The number of rotatable bonds is 6. The molecule has 0 spiro atoms. The van der Waals surface area contributed by atoms with Crippen LogP contribution in [-0.2, 0) is 17.6 Å². The Hall–Kier alpha value is -2.47. The van der Waals surface area contributed by atoms with E-state index in [0.717, 1.165) is 0 Å². The number of carbonyl (C=O) groups excluding carboxylic acids is 2. The highest BCUT2D eigenvalue weighted by Gasteiger charge is 2.18. The Bertz CT molecular complexity index is 816. The van der Waals surface area contributed by atoms with Crippen molar-refractivity contribution in [3.05, 3.63) is 52.6 Å². The maximum atomic E-state index is 12.4. The molecule has 0 bridgehead atoms. The summed E-state index contributed by atoms with van der Waals surface area (Å²) in [4.78, 5) is 32.7. The molecule has 0 fully saturated rings. The quantitative estimate of drug-likeness (QED) is 0.839. The molecule has 1 aromatic heterocycles. The number of ether oxygens (including phenoxy) is 1. The van der Waals surface area contributed by atoms with Gasteiger partial charge in [-0.3, -0.25) is 9.59 Å². The molecule has 0 aliphatic rings. The smallest absolute Gasteiger partial charge is 0.270 e. The van der Waals surface area contributed by atoms with Crippen molar-refractivity contribution < 1.29 is 14.3 Å². The first-order valence-electron chi connectivity index (χ1n) is 8.15. The molecule has 1 aromatic carbocycles. The van der Waals surface area contributed by atoms with Crippen molar-refractivity contribution in [3.63, 3.8) is 0 Å². The van der Waals surface area contributed by atoms with Gasteiger partial charge >= 0.3 is 0 Å². The number of aromatic nitrogens is 2. The van der Waals surface area contributed by atoms with Crippen molar-refractivity contribution in [2.75, 3.05) is 7.11 Å². The summed E-state index contributed by atoms with van der Waals surface area (Å²) in [6.45, 7) is 5.65. The fourth-order valence-electron chi connectivity index (χ4n) is 2.39. The average Bonchev–Trinajstić information content (AvgIpc) is 2.53. The molecule has 26 heavy (non-hydrogen) atoms. The highest BCUT2D eigenvalue weighted by Crippen LogP contribution is 2.23. The Labute approximate surface area is 158 Å². The third-order valence-electron chi connectivity index (χ3n) is 3.45. The fourth-order valence-corrected chi connectivity index (χ4v) is 2.58. The van der Waals surface area contributed by atoms with Crippen LogP contribution in [0, 0.1) is 0 Å². The number of carbonyl (C=O) groups is 2. The molecule has 1 heterocycles. The predicted molar refractivity (Wildman–Crippen MR) is 99.7 cm³/mol. The Morgan fingerprint density at radius 1 is 1.15 bits per heavy atom. The second-order valence-corrected chi connectivity index (χ2v) is 7.38. The maximum Gasteiger partial charge on any atom is 0.270 e. The third-order valence-corrected chi connectivity index (χ3v) is 3.69. The van der Waals surface area contributed by atoms with Gasteiger partial charge in [-0.25, -0.2) is 9.97 Å². The Balaban J connectivity index is 2.09. The van der Waals surface area contributed by atoms with E-state index < -0.39 is 0 Å². The van der Waals surface area contributed by atoms with Gasteiger partial charge in [-0.05, 0) is 45.0 Å². The lowest BCUT2D eigenvalue weighted by atomic mass is 10.0. The van der Waals surface area contributed by atoms with Gasteiger partial charge in [0.05, 0.1) is 12.8 Å². The molecule has 138 valence electrons. The van der Waals surface area contributed by atoms with Gasteiger partial charge in [0.25, 0.3) is 5.91 Å². The minimum absolute atomic E-state index is 0.0635. The Morgan fingerprint density at radius 2 is 1.88 bits per heavy atom. The van der Waals surface area contributed by atoms with Gasteiger partial charge in [0.15, 0.2) is 0 Å². The first kappa shape index (κ1) is 19.8. The SMILES string of the molecule is COc1ccc(Cl)cc1CC(=O)Cc1cc(C(=O)NC(C)(C)C)ncn1. The number of nitrogens with one attached hydrogen (secondary N) is 1. The number of methoxy groups -OCH3 is 1. The predicted octanol–water partition coefficient (Wildman–Crippen LogP) is 3.02. The van der Waals surface area contributed by atoms with Gasteiger partial charge in [-0.1, -0.05) is 11.6 Å². The second-order valence-electron chi connectivity index (χ2n) is 6.95. The summed E-state index contributed by atoms with van der Waals surface area (Å²) in [5.74, 6) is 0.243. The molecular weight excluding hydrogens is 354 g/mol. The lowest BCUT2D eigenvalue weighted by molar-refractivity contribution is -0.117. The molecule has 0 atom stereocenters. The summed E-state index contributed by atoms with van der Waals surface area (Å²) in [5, 5.41) is 3.37. The van der Waals surface area contributed by atoms with E-state index in [1.165, 1.54) is 12.4 Å². The largest absolute Gasteiger partial charge is 0.496 e. The number of halogens is 1. The number of nitrogens with zero attached hydrogens (tertiary/aromatic N) is 2. The number of amides is 1. The van der Waals surface area contributed by atoms with E-state index in [2.05, 4.69) is 15.3 Å². The van der Waals surface area contributed by atoms with Crippen LogP contribution in [0.15, 0.2) is 30.6 Å². The van der Waals surface area contributed by atoms with Gasteiger partial charge in [-0.2, -0.15) is 0 Å². The Morgan fingerprint density at radius 3 is 2.54 bits per heavy atom. The van der Waals surface area contributed by atoms with Crippen LogP contribution in [-0.4, -0.2) is 34.3 Å². The third kappa shape index (κ3) is 5.81. The monoisotopic (exact) mass is 375 g/mol. The first-order chi connectivity index (χ1) is 12.2. The van der Waals surface area contributed by atoms with Crippen LogP contribution in [0.5, 0.6) is 5.75 Å². The lowest BCUT2D eigenvalue weighted by Gasteiger charge is -2.20. The van der Waals surface area contributed by atoms with Crippen LogP contribution in [0.3, 0.4) is 0 Å². The zero-order valence-corrected chi connectivity index (χ0v) is 16.1. The molecule has 0 saturated heterocycles. The number of hydrogen-bond donors (Lipinski definition) is 1. The highest BCUT2D eigenvalue weighted by atomic mass is 35.5. The Kier molecular flexibility index (Phi) is 6.32. The zero-order chi connectivity index (χ0) is 19.3. The molecule has 0 aliphatic heterocycles. The minimum atomic E-state index is -0.374. The molecule has 2 aromatic rings. The average molecular weight is 376 g/mol. The van der Waals surface area contributed by atoms with Crippen LogP contribution in [0.25, 0.3) is 0 Å². The molecule has 1 N–H and O–H groups in total. The van der Waals surface area contributed by atoms with Crippen molar-refractivity contribution in [2.24, 2.45) is 0 Å². The maximum absolute atomic E-state index is 12.4. The molecule has 7 heteroatoms. The highest BCUT2D eigenvalue weighted by molar-refractivity contribution is 6.30. The zero-order valence-electron chi connectivity index (χ0n) is 15.3. The van der Waals surface area contributed by atoms with Gasteiger partial charge in [0, 0.05) is 29.0 Å². The summed E-state index contributed by atoms with van der Waals surface area (Å²) >= 11 is 5.99. The molecular formula is C19H22ClN3O3. The van der Waals surface area contributed by atoms with Gasteiger partial charge < -0.3 is 10.1 Å². The van der Waals surface area contributed by atoms with Crippen LogP contribution in [0.1, 0.15) is 42.5 Å². The van der Waals surface area contributed by atoms with Gasteiger partial charge in [0.2, 0.25) is 0 Å². The summed E-state index contributed by atoms with van der Waals surface area (Å²) < 4.78 is 5.26. The summed E-state index contributed by atoms with van der Waals surface area (Å²) in [6.07, 6.45) is 1.55. The fraction of sp³-hybridized carbons (Fsp3) is 0.368. The second kappa shape index (κ2) is 8.27. The normalized spacial score (nSPS) is 11.1. The van der Waals surface area contributed by atoms with E-state index in [0.29, 0.717) is 22.0 Å². The van der Waals surface area contributed by atoms with E-state index in [-0.39, 0.29) is 35.8 Å². The van der Waals surface area contributed by atoms with Crippen molar-refractivity contribution in [1.29, 1.82) is 0 Å². The van der Waals surface area contributed by atoms with E-state index in [9.17, 15) is 9.59 Å². The number of benzene rings is 1. The summed E-state index contributed by atoms with van der Waals surface area (Å²) in [7, 11) is 1.54. The molecule has 0 unspecified atom stereocenters. The van der Waals surface area contributed by atoms with Crippen LogP contribution in [0.2, 0.25) is 5.02 Å². The minimum Gasteiger partial charge on any atom is -0.496 e. The van der Waals surface area contributed by atoms with Crippen LogP contribution in [0.4, 0.5) is 0 Å². The number of hydrogen-bond acceptors (Lipinski definition) is 5. The van der Waals surface area contributed by atoms with E-state index in [1.807, 2.05) is 20.8 Å². The standard InChI is InChI=1S/C19H22ClN3O3/c1-19(2,3)23-18(25)16-10-14(21-11-22-16)9-15(24)8-12-7-13(20)5-6-17(12)26-4/h5-7,10-11H,8-9H2,1-4H3,(H,23,25). The first-order valence-corrected chi connectivity index (χ1v) is 8.53. The molecule has 2 rings (SSSR count). The van der Waals surface area contributed by atoms with Gasteiger partial charge in [-0.15, -0.1) is 0 Å². The van der Waals surface area contributed by atoms with Crippen molar-refractivity contribution in [1.82, 2.24) is 15.3 Å². The topological polar surface area (TPSA) is 81.2 Å². The van der Waals surface area contributed by atoms with E-state index in [1.54, 1.807) is 25.3 Å². The van der Waals surface area contributed by atoms with Crippen molar-refractivity contribution >= 4 is 23.3 Å². The molecule has 6 nitrogen and oxygen atoms in total. The lowest BCUT2D eigenvalue weighted by Crippen LogP contribution is -2.41. The molecule has 0 radical (unpaired) electrons. The van der Waals surface area contributed by atoms with E-state index in [4.69, 9.17) is 16.3 Å². The van der Waals surface area contributed by atoms with Gasteiger partial charge in [0.1, 0.15) is 23.6 Å². The molecule has 0 aliphatic carbocycles.